The lowest BCUT2D eigenvalue weighted by Crippen LogP contribution is -2.27. The molecule has 0 atom stereocenters. The summed E-state index contributed by atoms with van der Waals surface area (Å²) in [5.74, 6) is 5.58. The van der Waals surface area contributed by atoms with Gasteiger partial charge in [-0.25, -0.2) is 15.8 Å². The molecule has 1 aromatic rings. The Morgan fingerprint density at radius 3 is 2.44 bits per heavy atom. The number of nitrogen functional groups attached to an aromatic ring is 1. The molecular weight excluding hydrogens is 236 g/mol. The minimum absolute atomic E-state index is 0.0298. The maximum atomic E-state index is 11.1. The molecule has 0 aliphatic carbocycles. The normalized spacial score (nSPS) is 10.2. The van der Waals surface area contributed by atoms with Crippen LogP contribution in [0.25, 0.3) is 0 Å². The second-order valence-electron chi connectivity index (χ2n) is 3.78. The third kappa shape index (κ3) is 3.04. The van der Waals surface area contributed by atoms with Crippen molar-refractivity contribution in [2.75, 3.05) is 23.4 Å². The second kappa shape index (κ2) is 6.70. The average molecular weight is 254 g/mol. The molecule has 0 aromatic carbocycles. The number of hydrazine groups is 1. The number of nitrogens with zero attached hydrogens (tertiary/aromatic N) is 4. The number of aromatic nitrogens is 2. The van der Waals surface area contributed by atoms with Gasteiger partial charge in [0.1, 0.15) is 6.33 Å². The van der Waals surface area contributed by atoms with Crippen molar-refractivity contribution >= 4 is 17.3 Å². The molecule has 8 heteroatoms. The predicted octanol–water partition coefficient (Wildman–Crippen LogP) is 1.30. The molecule has 1 heterocycles. The summed E-state index contributed by atoms with van der Waals surface area (Å²) in [5.41, 5.74) is 2.06. The predicted molar refractivity (Wildman–Crippen MR) is 69.3 cm³/mol. The van der Waals surface area contributed by atoms with Crippen LogP contribution in [0.1, 0.15) is 26.7 Å². The molecule has 8 nitrogen and oxygen atoms in total. The van der Waals surface area contributed by atoms with Gasteiger partial charge in [-0.05, 0) is 12.8 Å². The molecule has 1 rings (SSSR count). The van der Waals surface area contributed by atoms with Crippen molar-refractivity contribution in [1.82, 2.24) is 9.97 Å². The van der Waals surface area contributed by atoms with Crippen molar-refractivity contribution < 1.29 is 4.92 Å². The molecule has 0 amide bonds. The van der Waals surface area contributed by atoms with E-state index in [0.29, 0.717) is 18.9 Å². The van der Waals surface area contributed by atoms with Gasteiger partial charge in [-0.15, -0.1) is 0 Å². The summed E-state index contributed by atoms with van der Waals surface area (Å²) in [4.78, 5) is 20.3. The molecule has 1 aromatic heterocycles. The van der Waals surface area contributed by atoms with E-state index in [-0.39, 0.29) is 11.5 Å². The fourth-order valence-corrected chi connectivity index (χ4v) is 1.74. The van der Waals surface area contributed by atoms with E-state index in [9.17, 15) is 10.1 Å². The molecule has 0 bridgehead atoms. The maximum absolute atomic E-state index is 11.1. The largest absolute Gasteiger partial charge is 0.354 e. The number of nitro groups is 1. The summed E-state index contributed by atoms with van der Waals surface area (Å²) >= 11 is 0. The standard InChI is InChI=1S/C10H18N6O2/c1-3-5-15(6-4-2)10-8(16(17)18)9(14-11)12-7-13-10/h7H,3-6,11H2,1-2H3,(H,12,13,14). The Hall–Kier alpha value is -1.96. The Morgan fingerprint density at radius 2 is 2.00 bits per heavy atom. The van der Waals surface area contributed by atoms with E-state index in [4.69, 9.17) is 5.84 Å². The summed E-state index contributed by atoms with van der Waals surface area (Å²) in [6.07, 6.45) is 3.04. The Balaban J connectivity index is 3.23. The summed E-state index contributed by atoms with van der Waals surface area (Å²) in [6.45, 7) is 5.43. The van der Waals surface area contributed by atoms with Gasteiger partial charge in [-0.1, -0.05) is 13.8 Å². The Morgan fingerprint density at radius 1 is 1.39 bits per heavy atom. The number of rotatable bonds is 7. The highest BCUT2D eigenvalue weighted by Gasteiger charge is 2.25. The van der Waals surface area contributed by atoms with E-state index in [1.807, 2.05) is 18.7 Å². The zero-order valence-corrected chi connectivity index (χ0v) is 10.6. The molecule has 0 fully saturated rings. The SMILES string of the molecule is CCCN(CCC)c1ncnc(NN)c1[N+](=O)[O-]. The highest BCUT2D eigenvalue weighted by atomic mass is 16.6. The van der Waals surface area contributed by atoms with Crippen LogP contribution in [-0.4, -0.2) is 28.0 Å². The molecule has 100 valence electrons. The van der Waals surface area contributed by atoms with E-state index in [2.05, 4.69) is 15.4 Å². The first kappa shape index (κ1) is 14.1. The summed E-state index contributed by atoms with van der Waals surface area (Å²) in [5, 5.41) is 11.1. The Bertz CT molecular complexity index is 405. The summed E-state index contributed by atoms with van der Waals surface area (Å²) < 4.78 is 0. The zero-order chi connectivity index (χ0) is 13.5. The van der Waals surface area contributed by atoms with Crippen LogP contribution < -0.4 is 16.2 Å². The Kier molecular flexibility index (Phi) is 5.25. The first-order chi connectivity index (χ1) is 8.65. The summed E-state index contributed by atoms with van der Waals surface area (Å²) in [6, 6.07) is 0. The quantitative estimate of drug-likeness (QED) is 0.428. The third-order valence-corrected chi connectivity index (χ3v) is 2.41. The average Bonchev–Trinajstić information content (AvgIpc) is 2.37. The van der Waals surface area contributed by atoms with E-state index in [1.165, 1.54) is 6.33 Å². The minimum Gasteiger partial charge on any atom is -0.351 e. The van der Waals surface area contributed by atoms with Gasteiger partial charge in [-0.3, -0.25) is 10.1 Å². The van der Waals surface area contributed by atoms with Crippen LogP contribution in [0, 0.1) is 10.1 Å². The van der Waals surface area contributed by atoms with Gasteiger partial charge in [0.05, 0.1) is 4.92 Å². The molecule has 0 spiro atoms. The number of hydrogen-bond acceptors (Lipinski definition) is 7. The highest BCUT2D eigenvalue weighted by molar-refractivity contribution is 5.69. The van der Waals surface area contributed by atoms with Crippen LogP contribution in [0.4, 0.5) is 17.3 Å². The fourth-order valence-electron chi connectivity index (χ4n) is 1.74. The number of nitrogens with one attached hydrogen (secondary N) is 1. The van der Waals surface area contributed by atoms with Gasteiger partial charge in [0.15, 0.2) is 0 Å². The third-order valence-electron chi connectivity index (χ3n) is 2.41. The number of anilines is 2. The van der Waals surface area contributed by atoms with Crippen molar-refractivity contribution in [2.45, 2.75) is 26.7 Å². The molecule has 0 unspecified atom stereocenters. The van der Waals surface area contributed by atoms with Crippen LogP contribution >= 0.6 is 0 Å². The number of hydrogen-bond donors (Lipinski definition) is 2. The molecule has 18 heavy (non-hydrogen) atoms. The highest BCUT2D eigenvalue weighted by Crippen LogP contribution is 2.31. The molecule has 0 saturated carbocycles. The fraction of sp³-hybridized carbons (Fsp3) is 0.600. The summed E-state index contributed by atoms with van der Waals surface area (Å²) in [7, 11) is 0. The van der Waals surface area contributed by atoms with Gasteiger partial charge in [0, 0.05) is 13.1 Å². The van der Waals surface area contributed by atoms with Gasteiger partial charge >= 0.3 is 5.69 Å². The van der Waals surface area contributed by atoms with E-state index in [1.54, 1.807) is 0 Å². The van der Waals surface area contributed by atoms with Gasteiger partial charge in [0.25, 0.3) is 0 Å². The van der Waals surface area contributed by atoms with Crippen LogP contribution in [0.3, 0.4) is 0 Å². The monoisotopic (exact) mass is 254 g/mol. The molecular formula is C10H18N6O2. The van der Waals surface area contributed by atoms with E-state index >= 15 is 0 Å². The van der Waals surface area contributed by atoms with Crippen LogP contribution in [0.2, 0.25) is 0 Å². The molecule has 0 saturated heterocycles. The van der Waals surface area contributed by atoms with Crippen molar-refractivity contribution in [3.05, 3.63) is 16.4 Å². The molecule has 3 N–H and O–H groups in total. The van der Waals surface area contributed by atoms with Crippen molar-refractivity contribution in [3.63, 3.8) is 0 Å². The van der Waals surface area contributed by atoms with Gasteiger partial charge < -0.3 is 10.3 Å². The van der Waals surface area contributed by atoms with Gasteiger partial charge in [-0.2, -0.15) is 0 Å². The van der Waals surface area contributed by atoms with Crippen LogP contribution in [0.5, 0.6) is 0 Å². The van der Waals surface area contributed by atoms with Crippen LogP contribution in [-0.2, 0) is 0 Å². The first-order valence-corrected chi connectivity index (χ1v) is 5.86. The van der Waals surface area contributed by atoms with Crippen molar-refractivity contribution in [3.8, 4) is 0 Å². The smallest absolute Gasteiger partial charge is 0.351 e. The minimum atomic E-state index is -0.511. The Labute approximate surface area is 105 Å². The molecule has 0 radical (unpaired) electrons. The second-order valence-corrected chi connectivity index (χ2v) is 3.78. The van der Waals surface area contributed by atoms with Crippen molar-refractivity contribution in [1.29, 1.82) is 0 Å². The van der Waals surface area contributed by atoms with Gasteiger partial charge in [0.2, 0.25) is 11.6 Å². The zero-order valence-electron chi connectivity index (χ0n) is 10.6. The lowest BCUT2D eigenvalue weighted by molar-refractivity contribution is -0.383. The van der Waals surface area contributed by atoms with E-state index < -0.39 is 4.92 Å². The first-order valence-electron chi connectivity index (χ1n) is 5.86. The molecule has 0 aliphatic rings. The lowest BCUT2D eigenvalue weighted by atomic mass is 10.3. The maximum Gasteiger partial charge on any atom is 0.354 e. The number of nitrogens with two attached hydrogens (primary N) is 1. The lowest BCUT2D eigenvalue weighted by Gasteiger charge is -2.22. The van der Waals surface area contributed by atoms with Crippen molar-refractivity contribution in [2.24, 2.45) is 5.84 Å². The topological polar surface area (TPSA) is 110 Å². The van der Waals surface area contributed by atoms with E-state index in [0.717, 1.165) is 12.8 Å². The van der Waals surface area contributed by atoms with Crippen LogP contribution in [0.15, 0.2) is 6.33 Å². The molecule has 0 aliphatic heterocycles.